The maximum Gasteiger partial charge on any atom is 0.203 e. The van der Waals surface area contributed by atoms with E-state index in [4.69, 9.17) is 0 Å². The summed E-state index contributed by atoms with van der Waals surface area (Å²) in [6, 6.07) is 11.7. The van der Waals surface area contributed by atoms with Crippen molar-refractivity contribution in [3.8, 4) is 5.75 Å². The van der Waals surface area contributed by atoms with Gasteiger partial charge in [-0.15, -0.1) is 0 Å². The van der Waals surface area contributed by atoms with Crippen molar-refractivity contribution >= 4 is 28.9 Å². The van der Waals surface area contributed by atoms with E-state index in [0.717, 1.165) is 6.92 Å². The van der Waals surface area contributed by atoms with Crippen molar-refractivity contribution in [3.05, 3.63) is 81.6 Å². The fourth-order valence-corrected chi connectivity index (χ4v) is 8.30. The summed E-state index contributed by atoms with van der Waals surface area (Å²) >= 11 is 0. The number of phenols is 1. The number of fused-ring (bicyclic) bond motifs is 3. The maximum atomic E-state index is 14.6. The van der Waals surface area contributed by atoms with Gasteiger partial charge in [-0.05, 0) is 43.4 Å². The second kappa shape index (κ2) is 9.49. The van der Waals surface area contributed by atoms with Gasteiger partial charge in [-0.25, -0.2) is 0 Å². The van der Waals surface area contributed by atoms with Gasteiger partial charge in [0.25, 0.3) is 0 Å². The Kier molecular flexibility index (Phi) is 6.66. The molecule has 2 aromatic carbocycles. The number of Topliss-reactive ketones (excluding diaryl/α,β-unsaturated/α-hetero) is 4. The summed E-state index contributed by atoms with van der Waals surface area (Å²) in [6.07, 6.45) is -0.191. The van der Waals surface area contributed by atoms with Crippen molar-refractivity contribution in [3.63, 3.8) is 0 Å². The summed E-state index contributed by atoms with van der Waals surface area (Å²) in [6.45, 7) is 9.65. The van der Waals surface area contributed by atoms with Gasteiger partial charge in [0, 0.05) is 40.2 Å². The van der Waals surface area contributed by atoms with Crippen molar-refractivity contribution < 1.29 is 39.6 Å². The summed E-state index contributed by atoms with van der Waals surface area (Å²) in [5, 5.41) is 46.3. The first-order valence-corrected chi connectivity index (χ1v) is 14.1. The molecule has 5 atom stereocenters. The summed E-state index contributed by atoms with van der Waals surface area (Å²) in [4.78, 5) is 54.7. The molecule has 3 aliphatic carbocycles. The minimum absolute atomic E-state index is 0.0172. The highest BCUT2D eigenvalue weighted by molar-refractivity contribution is 6.24. The van der Waals surface area contributed by atoms with Gasteiger partial charge in [0.1, 0.15) is 22.8 Å². The van der Waals surface area contributed by atoms with E-state index in [2.05, 4.69) is 0 Å². The topological polar surface area (TPSA) is 149 Å². The lowest BCUT2D eigenvalue weighted by Gasteiger charge is -2.61. The summed E-state index contributed by atoms with van der Waals surface area (Å²) in [7, 11) is 0. The first-order chi connectivity index (χ1) is 19.5. The Hall–Kier alpha value is -4.04. The van der Waals surface area contributed by atoms with Gasteiger partial charge in [0.05, 0.1) is 5.56 Å². The Bertz CT molecular complexity index is 1630. The molecule has 1 saturated carbocycles. The fourth-order valence-electron chi connectivity index (χ4n) is 8.30. The van der Waals surface area contributed by atoms with Crippen LogP contribution in [0, 0.1) is 29.6 Å². The molecule has 0 amide bonds. The number of aryl methyl sites for hydroxylation is 1. The molecule has 0 heterocycles. The van der Waals surface area contributed by atoms with Crippen molar-refractivity contribution in [2.24, 2.45) is 22.7 Å². The van der Waals surface area contributed by atoms with E-state index in [9.17, 15) is 39.6 Å². The highest BCUT2D eigenvalue weighted by atomic mass is 16.3. The molecule has 42 heavy (non-hydrogen) atoms. The molecule has 5 rings (SSSR count). The van der Waals surface area contributed by atoms with Crippen molar-refractivity contribution in [1.82, 2.24) is 0 Å². The predicted molar refractivity (Wildman–Crippen MR) is 155 cm³/mol. The number of phenolic OH excluding ortho intramolecular Hbond substituents is 1. The van der Waals surface area contributed by atoms with Crippen LogP contribution in [0.3, 0.4) is 0 Å². The van der Waals surface area contributed by atoms with Gasteiger partial charge in [-0.3, -0.25) is 19.2 Å². The van der Waals surface area contributed by atoms with E-state index < -0.39 is 68.6 Å². The smallest absolute Gasteiger partial charge is 0.203 e. The van der Waals surface area contributed by atoms with E-state index in [0.29, 0.717) is 16.7 Å². The van der Waals surface area contributed by atoms with E-state index in [1.165, 1.54) is 6.07 Å². The number of hydrogen-bond acceptors (Lipinski definition) is 8. The third kappa shape index (κ3) is 3.63. The van der Waals surface area contributed by atoms with Crippen LogP contribution in [-0.4, -0.2) is 49.2 Å². The third-order valence-electron chi connectivity index (χ3n) is 10.0. The normalized spacial score (nSPS) is 30.7. The zero-order valence-electron chi connectivity index (χ0n) is 24.6. The third-order valence-corrected chi connectivity index (χ3v) is 10.0. The first-order valence-electron chi connectivity index (χ1n) is 14.1. The lowest BCUT2D eigenvalue weighted by Crippen LogP contribution is -2.69. The van der Waals surface area contributed by atoms with Crippen LogP contribution in [0.1, 0.15) is 80.4 Å². The molecule has 0 radical (unpaired) electrons. The Morgan fingerprint density at radius 3 is 2.19 bits per heavy atom. The molecule has 0 bridgehead atoms. The molecule has 220 valence electrons. The van der Waals surface area contributed by atoms with Gasteiger partial charge in [-0.2, -0.15) is 0 Å². The second-order valence-corrected chi connectivity index (χ2v) is 12.9. The molecule has 0 saturated heterocycles. The Morgan fingerprint density at radius 1 is 1.00 bits per heavy atom. The van der Waals surface area contributed by atoms with Gasteiger partial charge in [0.15, 0.2) is 23.0 Å². The highest BCUT2D eigenvalue weighted by Gasteiger charge is 2.73. The molecule has 0 aliphatic heterocycles. The van der Waals surface area contributed by atoms with E-state index in [1.807, 2.05) is 0 Å². The van der Waals surface area contributed by atoms with Crippen LogP contribution in [-0.2, 0) is 14.4 Å². The van der Waals surface area contributed by atoms with Gasteiger partial charge < -0.3 is 20.4 Å². The average molecular weight is 573 g/mol. The number of carbonyl (C=O) groups excluding carboxylic acids is 4. The standard InChI is InChI=1S/C34H36O8/c1-16(2)26-28(38)24(18(4)35)30(40)34(42)31(41)27-29(39)25-21(36)13-12-17(3)23(25)20(32(27,5)15-33(26,34)6)14-22(37)19-10-8-7-9-11-19/h7-13,16,20,26,36,39-40,42H,14-15H2,1-6H3/t20-,26?,32+,33-,34+/m1/s1. The summed E-state index contributed by atoms with van der Waals surface area (Å²) < 4.78 is 0. The molecule has 1 unspecified atom stereocenters. The Labute approximate surface area is 244 Å². The number of aliphatic hydroxyl groups is 3. The van der Waals surface area contributed by atoms with Crippen LogP contribution < -0.4 is 0 Å². The van der Waals surface area contributed by atoms with E-state index >= 15 is 0 Å². The SMILES string of the molecule is CC(=O)C1=C(O)[C@]2(O)C(=O)C3=C(O)c4c(O)ccc(C)c4[C@@H](CC(=O)c4ccccc4)[C@]3(C)C[C@]2(C)C(C(C)C)C1=O. The summed E-state index contributed by atoms with van der Waals surface area (Å²) in [5.74, 6) is -6.87. The van der Waals surface area contributed by atoms with Crippen LogP contribution >= 0.6 is 0 Å². The first kappa shape index (κ1) is 29.5. The second-order valence-electron chi connectivity index (χ2n) is 12.9. The minimum atomic E-state index is -2.72. The number of aromatic hydroxyl groups is 1. The number of benzene rings is 2. The van der Waals surface area contributed by atoms with Crippen LogP contribution in [0.15, 0.2) is 59.4 Å². The van der Waals surface area contributed by atoms with Crippen molar-refractivity contribution in [2.45, 2.75) is 65.9 Å². The van der Waals surface area contributed by atoms with E-state index in [1.54, 1.807) is 71.0 Å². The van der Waals surface area contributed by atoms with Gasteiger partial charge in [0.2, 0.25) is 5.78 Å². The largest absolute Gasteiger partial charge is 0.508 e. The Balaban J connectivity index is 1.85. The number of allylic oxidation sites excluding steroid dienone is 1. The number of rotatable bonds is 5. The number of ketones is 4. The van der Waals surface area contributed by atoms with Crippen LogP contribution in [0.5, 0.6) is 5.75 Å². The molecule has 3 aliphatic rings. The minimum Gasteiger partial charge on any atom is -0.508 e. The van der Waals surface area contributed by atoms with Crippen LogP contribution in [0.25, 0.3) is 5.76 Å². The molecule has 0 aromatic heterocycles. The zero-order valence-corrected chi connectivity index (χ0v) is 24.6. The highest BCUT2D eigenvalue weighted by Crippen LogP contribution is 2.68. The Morgan fingerprint density at radius 2 is 1.62 bits per heavy atom. The number of hydrogen-bond donors (Lipinski definition) is 4. The number of aliphatic hydroxyl groups excluding tert-OH is 2. The lowest BCUT2D eigenvalue weighted by atomic mass is 9.41. The molecule has 1 fully saturated rings. The number of carbonyl (C=O) groups is 4. The quantitative estimate of drug-likeness (QED) is 0.278. The molecule has 0 spiro atoms. The van der Waals surface area contributed by atoms with E-state index in [-0.39, 0.29) is 35.5 Å². The fraction of sp³-hybridized carbons (Fsp3) is 0.412. The molecule has 4 N–H and O–H groups in total. The molecule has 2 aromatic rings. The van der Waals surface area contributed by atoms with Crippen molar-refractivity contribution in [2.75, 3.05) is 0 Å². The molecular formula is C34H36O8. The lowest BCUT2D eigenvalue weighted by molar-refractivity contribution is -0.179. The molecular weight excluding hydrogens is 536 g/mol. The zero-order chi connectivity index (χ0) is 31.1. The average Bonchev–Trinajstić information content (AvgIpc) is 2.90. The monoisotopic (exact) mass is 572 g/mol. The predicted octanol–water partition coefficient (Wildman–Crippen LogP) is 5.31. The maximum absolute atomic E-state index is 14.6. The van der Waals surface area contributed by atoms with Crippen molar-refractivity contribution in [1.29, 1.82) is 0 Å². The molecule has 8 nitrogen and oxygen atoms in total. The molecule has 8 heteroatoms. The summed E-state index contributed by atoms with van der Waals surface area (Å²) in [5.41, 5.74) is -4.93. The van der Waals surface area contributed by atoms with Gasteiger partial charge >= 0.3 is 0 Å². The van der Waals surface area contributed by atoms with Crippen LogP contribution in [0.4, 0.5) is 0 Å². The van der Waals surface area contributed by atoms with Gasteiger partial charge in [-0.1, -0.05) is 64.1 Å². The van der Waals surface area contributed by atoms with Crippen LogP contribution in [0.2, 0.25) is 0 Å².